The molecule has 0 aliphatic rings. The van der Waals surface area contributed by atoms with Crippen LogP contribution in [0.25, 0.3) is 0 Å². The van der Waals surface area contributed by atoms with E-state index in [0.717, 1.165) is 4.47 Å². The predicted molar refractivity (Wildman–Crippen MR) is 116 cm³/mol. The van der Waals surface area contributed by atoms with Gasteiger partial charge in [0.25, 0.3) is 0 Å². The van der Waals surface area contributed by atoms with Crippen LogP contribution in [0.5, 0.6) is 0 Å². The SMILES string of the molecule is CC(C)c1cc(C(C)C)c([I+]c2ccc(Br)cc2)c(C(C)C)c1.O=S(=O)([O-])C(F)(F)F. The molecule has 0 saturated carbocycles. The average molecular weight is 635 g/mol. The fourth-order valence-corrected chi connectivity index (χ4v) is 6.36. The Morgan fingerprint density at radius 3 is 1.55 bits per heavy atom. The van der Waals surface area contributed by atoms with Crippen molar-refractivity contribution < 1.29 is 47.3 Å². The molecule has 0 amide bonds. The summed E-state index contributed by atoms with van der Waals surface area (Å²) in [4.78, 5) is 0. The molecule has 0 bridgehead atoms. The lowest BCUT2D eigenvalue weighted by Crippen LogP contribution is -3.62. The van der Waals surface area contributed by atoms with E-state index in [0.29, 0.717) is 17.8 Å². The molecule has 174 valence electrons. The minimum atomic E-state index is -6.09. The Kier molecular flexibility index (Phi) is 10.5. The van der Waals surface area contributed by atoms with Crippen molar-refractivity contribution in [1.82, 2.24) is 0 Å². The number of rotatable bonds is 5. The lowest BCUT2D eigenvalue weighted by atomic mass is 9.90. The molecule has 2 aromatic carbocycles. The molecule has 0 aliphatic carbocycles. The third-order valence-electron chi connectivity index (χ3n) is 4.35. The summed E-state index contributed by atoms with van der Waals surface area (Å²) in [6.07, 6.45) is 0. The molecule has 0 saturated heterocycles. The molecule has 0 atom stereocenters. The van der Waals surface area contributed by atoms with Gasteiger partial charge in [-0.2, -0.15) is 13.2 Å². The molecule has 0 aliphatic heterocycles. The number of hydrogen-bond acceptors (Lipinski definition) is 3. The van der Waals surface area contributed by atoms with Crippen molar-refractivity contribution >= 4 is 26.0 Å². The highest BCUT2D eigenvalue weighted by molar-refractivity contribution is 9.10. The summed E-state index contributed by atoms with van der Waals surface area (Å²) >= 11 is 3.40. The Bertz CT molecular complexity index is 941. The maximum atomic E-state index is 10.7. The van der Waals surface area contributed by atoms with E-state index in [2.05, 4.69) is 93.9 Å². The molecule has 0 fully saturated rings. The molecule has 0 unspecified atom stereocenters. The van der Waals surface area contributed by atoms with Crippen LogP contribution in [0.3, 0.4) is 0 Å². The fraction of sp³-hybridized carbons (Fsp3) is 0.455. The second kappa shape index (κ2) is 11.5. The van der Waals surface area contributed by atoms with Gasteiger partial charge in [0.2, 0.25) is 3.57 Å². The zero-order valence-electron chi connectivity index (χ0n) is 18.2. The molecular weight excluding hydrogens is 608 g/mol. The summed E-state index contributed by atoms with van der Waals surface area (Å²) in [6.45, 7) is 13.9. The first-order valence-electron chi connectivity index (χ1n) is 9.64. The summed E-state index contributed by atoms with van der Waals surface area (Å²) in [5.41, 5.74) is -1.03. The Hall–Kier alpha value is -0.650. The van der Waals surface area contributed by atoms with Crippen molar-refractivity contribution in [3.63, 3.8) is 0 Å². The molecule has 0 N–H and O–H groups in total. The van der Waals surface area contributed by atoms with Gasteiger partial charge in [0.05, 0.1) is 0 Å². The summed E-state index contributed by atoms with van der Waals surface area (Å²) in [5, 5.41) is 0. The van der Waals surface area contributed by atoms with Crippen molar-refractivity contribution in [1.29, 1.82) is 0 Å². The van der Waals surface area contributed by atoms with Crippen LogP contribution >= 0.6 is 15.9 Å². The van der Waals surface area contributed by atoms with Crippen LogP contribution in [-0.4, -0.2) is 18.5 Å². The van der Waals surface area contributed by atoms with E-state index in [1.165, 1.54) is 9.13 Å². The molecule has 0 aromatic heterocycles. The molecular formula is C22H27BrF3IO3S. The van der Waals surface area contributed by atoms with Crippen LogP contribution in [0, 0.1) is 7.14 Å². The van der Waals surface area contributed by atoms with Crippen molar-refractivity contribution in [2.45, 2.75) is 64.8 Å². The average Bonchev–Trinajstić information content (AvgIpc) is 2.61. The van der Waals surface area contributed by atoms with Crippen LogP contribution < -0.4 is 21.2 Å². The summed E-state index contributed by atoms with van der Waals surface area (Å²) in [5.74, 6) is 1.75. The second-order valence-electron chi connectivity index (χ2n) is 7.91. The number of alkyl halides is 3. The second-order valence-corrected chi connectivity index (χ2v) is 13.1. The van der Waals surface area contributed by atoms with Gasteiger partial charge in [-0.1, -0.05) is 69.6 Å². The van der Waals surface area contributed by atoms with Gasteiger partial charge in [-0.25, -0.2) is 8.42 Å². The van der Waals surface area contributed by atoms with Crippen LogP contribution in [0.4, 0.5) is 13.2 Å². The van der Waals surface area contributed by atoms with E-state index >= 15 is 0 Å². The smallest absolute Gasteiger partial charge is 0.485 e. The summed E-state index contributed by atoms with van der Waals surface area (Å²) in [7, 11) is -6.09. The van der Waals surface area contributed by atoms with Gasteiger partial charge in [0.15, 0.2) is 13.7 Å². The maximum Gasteiger partial charge on any atom is 0.485 e. The highest BCUT2D eigenvalue weighted by atomic mass is 127. The van der Waals surface area contributed by atoms with Crippen LogP contribution in [0.15, 0.2) is 40.9 Å². The molecule has 2 rings (SSSR count). The van der Waals surface area contributed by atoms with Gasteiger partial charge in [-0.3, -0.25) is 0 Å². The van der Waals surface area contributed by atoms with Gasteiger partial charge in [-0.15, -0.1) is 0 Å². The zero-order chi connectivity index (χ0) is 24.1. The van der Waals surface area contributed by atoms with E-state index < -0.39 is 15.6 Å². The van der Waals surface area contributed by atoms with Crippen molar-refractivity contribution in [2.24, 2.45) is 0 Å². The van der Waals surface area contributed by atoms with Gasteiger partial charge >= 0.3 is 26.7 Å². The standard InChI is InChI=1S/C21H27BrI.CHF3O3S/c1-13(2)16-11-19(14(3)4)21(20(12-16)15(5)6)23-18-9-7-17(22)8-10-18;2-1(3,4)8(5,6)7/h7-15H,1-6H3;(H,5,6,7)/q+1;/p-1. The number of benzene rings is 2. The van der Waals surface area contributed by atoms with Crippen molar-refractivity contribution in [3.8, 4) is 0 Å². The van der Waals surface area contributed by atoms with Gasteiger partial charge < -0.3 is 4.55 Å². The van der Waals surface area contributed by atoms with E-state index in [1.54, 1.807) is 14.7 Å². The van der Waals surface area contributed by atoms with Crippen LogP contribution in [-0.2, 0) is 10.1 Å². The molecule has 9 heteroatoms. The van der Waals surface area contributed by atoms with Gasteiger partial charge in [-0.05, 0) is 47.6 Å². The molecule has 0 spiro atoms. The van der Waals surface area contributed by atoms with Crippen molar-refractivity contribution in [3.05, 3.63) is 64.7 Å². The van der Waals surface area contributed by atoms with Gasteiger partial charge in [0.1, 0.15) is 0 Å². The summed E-state index contributed by atoms with van der Waals surface area (Å²) in [6, 6.07) is 13.8. The molecule has 31 heavy (non-hydrogen) atoms. The normalized spacial score (nSPS) is 12.3. The first-order chi connectivity index (χ1) is 14.0. The number of hydrogen-bond donors (Lipinski definition) is 0. The van der Waals surface area contributed by atoms with Crippen molar-refractivity contribution in [2.75, 3.05) is 0 Å². The molecule has 0 heterocycles. The van der Waals surface area contributed by atoms with Crippen LogP contribution in [0.1, 0.15) is 76.0 Å². The first kappa shape index (κ1) is 28.4. The Balaban J connectivity index is 0.000000512. The third-order valence-corrected chi connectivity index (χ3v) is 8.58. The van der Waals surface area contributed by atoms with E-state index in [1.807, 2.05) is 0 Å². The molecule has 0 radical (unpaired) electrons. The maximum absolute atomic E-state index is 10.7. The lowest BCUT2D eigenvalue weighted by Gasteiger charge is -2.17. The Morgan fingerprint density at radius 1 is 0.871 bits per heavy atom. The minimum absolute atomic E-state index is 0.148. The van der Waals surface area contributed by atoms with E-state index in [-0.39, 0.29) is 21.2 Å². The largest absolute Gasteiger partial charge is 0.741 e. The Morgan fingerprint density at radius 2 is 1.26 bits per heavy atom. The predicted octanol–water partition coefficient (Wildman–Crippen LogP) is 4.00. The third kappa shape index (κ3) is 8.66. The van der Waals surface area contributed by atoms with Gasteiger partial charge in [0, 0.05) is 15.6 Å². The summed E-state index contributed by atoms with van der Waals surface area (Å²) < 4.78 is 63.2. The highest BCUT2D eigenvalue weighted by Crippen LogP contribution is 2.27. The topological polar surface area (TPSA) is 57.2 Å². The molecule has 2 aromatic rings. The lowest BCUT2D eigenvalue weighted by molar-refractivity contribution is -0.599. The zero-order valence-corrected chi connectivity index (χ0v) is 22.8. The molecule has 3 nitrogen and oxygen atoms in total. The fourth-order valence-electron chi connectivity index (χ4n) is 2.58. The number of halogens is 5. The Labute approximate surface area is 202 Å². The van der Waals surface area contributed by atoms with E-state index in [9.17, 15) is 13.2 Å². The highest BCUT2D eigenvalue weighted by Gasteiger charge is 2.37. The monoisotopic (exact) mass is 634 g/mol. The first-order valence-corrected chi connectivity index (χ1v) is 14.0. The van der Waals surface area contributed by atoms with Crippen LogP contribution in [0.2, 0.25) is 0 Å². The van der Waals surface area contributed by atoms with E-state index in [4.69, 9.17) is 13.0 Å². The minimum Gasteiger partial charge on any atom is -0.741 e. The quantitative estimate of drug-likeness (QED) is 0.284.